The molecule has 0 spiro atoms. The molecule has 168 valence electrons. The summed E-state index contributed by atoms with van der Waals surface area (Å²) in [5.41, 5.74) is 3.08. The first-order chi connectivity index (χ1) is 16.0. The van der Waals surface area contributed by atoms with Crippen LogP contribution in [0.25, 0.3) is 5.65 Å². The minimum absolute atomic E-state index is 0.127. The number of pyridine rings is 1. The Labute approximate surface area is 190 Å². The van der Waals surface area contributed by atoms with Crippen molar-refractivity contribution in [1.82, 2.24) is 9.38 Å². The van der Waals surface area contributed by atoms with Gasteiger partial charge in [-0.2, -0.15) is 0 Å². The van der Waals surface area contributed by atoms with Gasteiger partial charge in [-0.15, -0.1) is 0 Å². The van der Waals surface area contributed by atoms with Crippen LogP contribution >= 0.6 is 0 Å². The fourth-order valence-corrected chi connectivity index (χ4v) is 3.30. The van der Waals surface area contributed by atoms with Crippen LogP contribution in [0.15, 0.2) is 77.7 Å². The van der Waals surface area contributed by atoms with E-state index in [0.29, 0.717) is 35.1 Å². The lowest BCUT2D eigenvalue weighted by molar-refractivity contribution is 0.262. The van der Waals surface area contributed by atoms with Crippen molar-refractivity contribution in [3.8, 4) is 11.5 Å². The van der Waals surface area contributed by atoms with E-state index < -0.39 is 0 Å². The van der Waals surface area contributed by atoms with Gasteiger partial charge in [0.1, 0.15) is 23.8 Å². The zero-order valence-electron chi connectivity index (χ0n) is 18.4. The van der Waals surface area contributed by atoms with Gasteiger partial charge in [-0.1, -0.05) is 12.1 Å². The maximum atomic E-state index is 12.3. The summed E-state index contributed by atoms with van der Waals surface area (Å²) in [6.07, 6.45) is 1.69. The van der Waals surface area contributed by atoms with Crippen LogP contribution in [0.5, 0.6) is 11.5 Å². The first-order valence-electron chi connectivity index (χ1n) is 10.5. The summed E-state index contributed by atoms with van der Waals surface area (Å²) in [6.45, 7) is 4.53. The molecule has 2 aromatic carbocycles. The molecular weight excluding hydrogens is 420 g/mol. The molecule has 0 aliphatic carbocycles. The average molecular weight is 444 g/mol. The lowest BCUT2D eigenvalue weighted by atomic mass is 10.3. The van der Waals surface area contributed by atoms with Gasteiger partial charge < -0.3 is 20.1 Å². The topological polar surface area (TPSA) is 94.0 Å². The van der Waals surface area contributed by atoms with Crippen LogP contribution in [0.2, 0.25) is 0 Å². The molecule has 2 aromatic heterocycles. The van der Waals surface area contributed by atoms with Gasteiger partial charge in [0.25, 0.3) is 5.56 Å². The number of nitrogens with zero attached hydrogens (tertiary/aromatic N) is 2. The summed E-state index contributed by atoms with van der Waals surface area (Å²) in [6, 6.07) is 18.9. The number of anilines is 2. The van der Waals surface area contributed by atoms with Gasteiger partial charge in [0.05, 0.1) is 12.3 Å². The van der Waals surface area contributed by atoms with E-state index in [1.165, 1.54) is 10.5 Å². The van der Waals surface area contributed by atoms with E-state index in [1.807, 2.05) is 26.0 Å². The molecule has 0 unspecified atom stereocenters. The monoisotopic (exact) mass is 444 g/mol. The highest BCUT2D eigenvalue weighted by molar-refractivity contribution is 5.99. The zero-order chi connectivity index (χ0) is 23.2. The molecule has 33 heavy (non-hydrogen) atoms. The summed E-state index contributed by atoms with van der Waals surface area (Å²) < 4.78 is 12.7. The minimum atomic E-state index is -0.379. The van der Waals surface area contributed by atoms with Gasteiger partial charge in [-0.3, -0.25) is 9.20 Å². The van der Waals surface area contributed by atoms with E-state index in [9.17, 15) is 9.59 Å². The molecule has 4 rings (SSSR count). The third kappa shape index (κ3) is 5.48. The number of amides is 2. The minimum Gasteiger partial charge on any atom is -0.494 e. The third-order valence-corrected chi connectivity index (χ3v) is 4.84. The first kappa shape index (κ1) is 21.9. The SMILES string of the molecule is CCOc1ccc(NC(=O)Nc2cccc(OCc3cc(=O)n4cccc(C)c4n3)c2)cc1. The quantitative estimate of drug-likeness (QED) is 0.434. The number of rotatable bonds is 7. The molecule has 0 saturated carbocycles. The van der Waals surface area contributed by atoms with Crippen LogP contribution < -0.4 is 25.7 Å². The van der Waals surface area contributed by atoms with Crippen LogP contribution in [0.3, 0.4) is 0 Å². The second kappa shape index (κ2) is 9.86. The van der Waals surface area contributed by atoms with Crippen molar-refractivity contribution >= 4 is 23.1 Å². The standard InChI is InChI=1S/C25H24N4O4/c1-3-32-21-11-9-18(10-12-21)27-25(31)28-19-7-4-8-22(14-19)33-16-20-15-23(30)29-13-5-6-17(2)24(29)26-20/h4-15H,3,16H2,1-2H3,(H2,27,28,31). The van der Waals surface area contributed by atoms with Crippen LogP contribution in [0.1, 0.15) is 18.2 Å². The number of aryl methyl sites for hydroxylation is 1. The lowest BCUT2D eigenvalue weighted by Gasteiger charge is -2.11. The largest absolute Gasteiger partial charge is 0.494 e. The van der Waals surface area contributed by atoms with Crippen molar-refractivity contribution in [2.75, 3.05) is 17.2 Å². The highest BCUT2D eigenvalue weighted by Gasteiger charge is 2.07. The fraction of sp³-hybridized carbons (Fsp3) is 0.160. The Hall–Kier alpha value is -4.33. The number of ether oxygens (including phenoxy) is 2. The number of aromatic nitrogens is 2. The molecule has 0 saturated heterocycles. The van der Waals surface area contributed by atoms with Gasteiger partial charge in [0.15, 0.2) is 0 Å². The van der Waals surface area contributed by atoms with Crippen LogP contribution in [-0.4, -0.2) is 22.0 Å². The molecule has 4 aromatic rings. The van der Waals surface area contributed by atoms with Crippen molar-refractivity contribution in [3.05, 3.63) is 94.5 Å². The molecule has 8 nitrogen and oxygen atoms in total. The lowest BCUT2D eigenvalue weighted by Crippen LogP contribution is -2.19. The van der Waals surface area contributed by atoms with Crippen molar-refractivity contribution in [3.63, 3.8) is 0 Å². The summed E-state index contributed by atoms with van der Waals surface area (Å²) in [7, 11) is 0. The molecule has 0 aliphatic rings. The first-order valence-corrected chi connectivity index (χ1v) is 10.5. The highest BCUT2D eigenvalue weighted by Crippen LogP contribution is 2.20. The Balaban J connectivity index is 1.39. The number of carbonyl (C=O) groups is 1. The Morgan fingerprint density at radius 3 is 2.52 bits per heavy atom. The average Bonchev–Trinajstić information content (AvgIpc) is 2.80. The number of benzene rings is 2. The van der Waals surface area contributed by atoms with Gasteiger partial charge in [0, 0.05) is 29.7 Å². The maximum absolute atomic E-state index is 12.3. The Kier molecular flexibility index (Phi) is 6.54. The Morgan fingerprint density at radius 1 is 0.939 bits per heavy atom. The van der Waals surface area contributed by atoms with E-state index in [-0.39, 0.29) is 18.2 Å². The zero-order valence-corrected chi connectivity index (χ0v) is 18.4. The number of fused-ring (bicyclic) bond motifs is 1. The number of hydrogen-bond donors (Lipinski definition) is 2. The van der Waals surface area contributed by atoms with Crippen molar-refractivity contribution in [1.29, 1.82) is 0 Å². The van der Waals surface area contributed by atoms with Gasteiger partial charge >= 0.3 is 6.03 Å². The van der Waals surface area contributed by atoms with E-state index >= 15 is 0 Å². The van der Waals surface area contributed by atoms with Crippen LogP contribution in [0.4, 0.5) is 16.2 Å². The van der Waals surface area contributed by atoms with E-state index in [1.54, 1.807) is 54.7 Å². The normalized spacial score (nSPS) is 10.6. The van der Waals surface area contributed by atoms with E-state index in [4.69, 9.17) is 9.47 Å². The maximum Gasteiger partial charge on any atom is 0.323 e. The van der Waals surface area contributed by atoms with Crippen LogP contribution in [-0.2, 0) is 6.61 Å². The summed E-state index contributed by atoms with van der Waals surface area (Å²) in [4.78, 5) is 29.2. The summed E-state index contributed by atoms with van der Waals surface area (Å²) in [5.74, 6) is 1.28. The molecule has 2 amide bonds. The smallest absolute Gasteiger partial charge is 0.323 e. The predicted octanol–water partition coefficient (Wildman–Crippen LogP) is 4.62. The second-order valence-electron chi connectivity index (χ2n) is 7.32. The Bertz CT molecular complexity index is 1330. The molecule has 8 heteroatoms. The summed E-state index contributed by atoms with van der Waals surface area (Å²) >= 11 is 0. The third-order valence-electron chi connectivity index (χ3n) is 4.84. The number of nitrogens with one attached hydrogen (secondary N) is 2. The van der Waals surface area contributed by atoms with E-state index in [2.05, 4.69) is 15.6 Å². The van der Waals surface area contributed by atoms with E-state index in [0.717, 1.165) is 11.3 Å². The second-order valence-corrected chi connectivity index (χ2v) is 7.32. The molecule has 0 atom stereocenters. The number of urea groups is 1. The van der Waals surface area contributed by atoms with Gasteiger partial charge in [0.2, 0.25) is 0 Å². The molecular formula is C25H24N4O4. The van der Waals surface area contributed by atoms with Crippen molar-refractivity contribution < 1.29 is 14.3 Å². The highest BCUT2D eigenvalue weighted by atomic mass is 16.5. The van der Waals surface area contributed by atoms with Gasteiger partial charge in [-0.05, 0) is 61.9 Å². The van der Waals surface area contributed by atoms with Crippen LogP contribution in [0, 0.1) is 6.92 Å². The predicted molar refractivity (Wildman–Crippen MR) is 127 cm³/mol. The fourth-order valence-electron chi connectivity index (χ4n) is 3.30. The Morgan fingerprint density at radius 2 is 1.73 bits per heavy atom. The molecule has 2 heterocycles. The molecule has 0 bridgehead atoms. The number of hydrogen-bond acceptors (Lipinski definition) is 5. The van der Waals surface area contributed by atoms with Crippen molar-refractivity contribution in [2.24, 2.45) is 0 Å². The molecule has 0 fully saturated rings. The van der Waals surface area contributed by atoms with Crippen molar-refractivity contribution in [2.45, 2.75) is 20.5 Å². The number of carbonyl (C=O) groups excluding carboxylic acids is 1. The molecule has 0 aliphatic heterocycles. The molecule has 2 N–H and O–H groups in total. The molecule has 0 radical (unpaired) electrons. The summed E-state index contributed by atoms with van der Waals surface area (Å²) in [5, 5.41) is 5.55. The van der Waals surface area contributed by atoms with Gasteiger partial charge in [-0.25, -0.2) is 9.78 Å².